The summed E-state index contributed by atoms with van der Waals surface area (Å²) < 4.78 is 5.19. The van der Waals surface area contributed by atoms with E-state index in [-0.39, 0.29) is 0 Å². The second-order valence-electron chi connectivity index (χ2n) is 5.45. The van der Waals surface area contributed by atoms with E-state index in [9.17, 15) is 0 Å². The summed E-state index contributed by atoms with van der Waals surface area (Å²) in [6, 6.07) is 26.3. The number of ether oxygens (including phenoxy) is 1. The zero-order valence-electron chi connectivity index (χ0n) is 13.1. The summed E-state index contributed by atoms with van der Waals surface area (Å²) >= 11 is 0. The Hall–Kier alpha value is -2.87. The Labute approximate surface area is 136 Å². The minimum Gasteiger partial charge on any atom is -0.497 e. The molecule has 3 rings (SSSR count). The van der Waals surface area contributed by atoms with Crippen LogP contribution in [0.3, 0.4) is 0 Å². The first kappa shape index (κ1) is 15.0. The van der Waals surface area contributed by atoms with Crippen LogP contribution in [0.4, 0.5) is 0 Å². The number of hydrogen-bond acceptors (Lipinski definition) is 2. The maximum atomic E-state index is 8.22. The van der Waals surface area contributed by atoms with Crippen molar-refractivity contribution in [1.82, 2.24) is 0 Å². The Bertz CT molecular complexity index is 774. The lowest BCUT2D eigenvalue weighted by Gasteiger charge is -2.07. The molecule has 2 heteroatoms. The van der Waals surface area contributed by atoms with Crippen molar-refractivity contribution in [3.63, 3.8) is 0 Å². The van der Waals surface area contributed by atoms with Gasteiger partial charge in [0.25, 0.3) is 0 Å². The molecule has 114 valence electrons. The van der Waals surface area contributed by atoms with Crippen molar-refractivity contribution in [3.05, 3.63) is 90.0 Å². The fraction of sp³-hybridized carbons (Fsp3) is 0.0952. The van der Waals surface area contributed by atoms with Crippen LogP contribution in [0.1, 0.15) is 11.1 Å². The van der Waals surface area contributed by atoms with Gasteiger partial charge in [-0.2, -0.15) is 0 Å². The molecule has 0 atom stereocenters. The highest BCUT2D eigenvalue weighted by Gasteiger charge is 2.04. The minimum absolute atomic E-state index is 0.641. The monoisotopic (exact) mass is 301 g/mol. The first-order valence-corrected chi connectivity index (χ1v) is 7.62. The third kappa shape index (κ3) is 3.67. The van der Waals surface area contributed by atoms with Gasteiger partial charge in [-0.05, 0) is 34.4 Å². The third-order valence-electron chi connectivity index (χ3n) is 3.88. The van der Waals surface area contributed by atoms with Gasteiger partial charge in [0, 0.05) is 12.1 Å². The molecule has 2 nitrogen and oxygen atoms in total. The van der Waals surface area contributed by atoms with Crippen molar-refractivity contribution >= 4 is 5.71 Å². The predicted molar refractivity (Wildman–Crippen MR) is 95.4 cm³/mol. The molecule has 3 aromatic rings. The molecule has 0 radical (unpaired) electrons. The third-order valence-corrected chi connectivity index (χ3v) is 3.88. The summed E-state index contributed by atoms with van der Waals surface area (Å²) in [6.45, 7) is 0. The Morgan fingerprint density at radius 2 is 1.35 bits per heavy atom. The van der Waals surface area contributed by atoms with Crippen LogP contribution >= 0.6 is 0 Å². The van der Waals surface area contributed by atoms with Crippen LogP contribution in [0, 0.1) is 5.41 Å². The smallest absolute Gasteiger partial charge is 0.118 e. The molecule has 1 N–H and O–H groups in total. The van der Waals surface area contributed by atoms with Crippen molar-refractivity contribution in [3.8, 4) is 16.9 Å². The van der Waals surface area contributed by atoms with Gasteiger partial charge >= 0.3 is 0 Å². The first-order chi connectivity index (χ1) is 11.3. The topological polar surface area (TPSA) is 33.1 Å². The van der Waals surface area contributed by atoms with Crippen LogP contribution in [0.2, 0.25) is 0 Å². The van der Waals surface area contributed by atoms with E-state index in [0.29, 0.717) is 12.1 Å². The number of benzene rings is 3. The highest BCUT2D eigenvalue weighted by atomic mass is 16.5. The van der Waals surface area contributed by atoms with E-state index in [1.54, 1.807) is 7.11 Å². The fourth-order valence-electron chi connectivity index (χ4n) is 2.54. The quantitative estimate of drug-likeness (QED) is 0.663. The Balaban J connectivity index is 1.73. The summed E-state index contributed by atoms with van der Waals surface area (Å²) in [6.07, 6.45) is 0.646. The van der Waals surface area contributed by atoms with Crippen LogP contribution in [0.5, 0.6) is 5.75 Å². The molecule has 0 unspecified atom stereocenters. The van der Waals surface area contributed by atoms with E-state index in [0.717, 1.165) is 22.4 Å². The van der Waals surface area contributed by atoms with Gasteiger partial charge in [-0.15, -0.1) is 0 Å². The second kappa shape index (κ2) is 6.93. The SMILES string of the molecule is COc1ccc(-c2ccc(CC(=N)c3ccccc3)cc2)cc1. The van der Waals surface area contributed by atoms with Crippen LogP contribution < -0.4 is 4.74 Å². The van der Waals surface area contributed by atoms with Gasteiger partial charge in [-0.3, -0.25) is 0 Å². The van der Waals surface area contributed by atoms with E-state index in [1.165, 1.54) is 5.56 Å². The van der Waals surface area contributed by atoms with Gasteiger partial charge in [0.05, 0.1) is 7.11 Å². The lowest BCUT2D eigenvalue weighted by molar-refractivity contribution is 0.415. The van der Waals surface area contributed by atoms with Crippen LogP contribution in [-0.4, -0.2) is 12.8 Å². The van der Waals surface area contributed by atoms with Crippen molar-refractivity contribution in [1.29, 1.82) is 5.41 Å². The van der Waals surface area contributed by atoms with E-state index in [1.807, 2.05) is 42.5 Å². The average Bonchev–Trinajstić information content (AvgIpc) is 2.63. The van der Waals surface area contributed by atoms with Crippen molar-refractivity contribution in [2.45, 2.75) is 6.42 Å². The molecule has 0 bridgehead atoms. The van der Waals surface area contributed by atoms with Gasteiger partial charge in [0.15, 0.2) is 0 Å². The normalized spacial score (nSPS) is 10.3. The van der Waals surface area contributed by atoms with Gasteiger partial charge < -0.3 is 10.1 Å². The van der Waals surface area contributed by atoms with Gasteiger partial charge in [-0.1, -0.05) is 66.7 Å². The molecular formula is C21H19NO. The second-order valence-corrected chi connectivity index (χ2v) is 5.45. The molecule has 0 aliphatic rings. The van der Waals surface area contributed by atoms with Gasteiger partial charge in [0.2, 0.25) is 0 Å². The van der Waals surface area contributed by atoms with Crippen LogP contribution in [-0.2, 0) is 6.42 Å². The largest absolute Gasteiger partial charge is 0.497 e. The number of methoxy groups -OCH3 is 1. The highest BCUT2D eigenvalue weighted by molar-refractivity contribution is 5.99. The number of hydrogen-bond donors (Lipinski definition) is 1. The Kier molecular flexibility index (Phi) is 4.53. The minimum atomic E-state index is 0.641. The number of rotatable bonds is 5. The average molecular weight is 301 g/mol. The Morgan fingerprint density at radius 1 is 0.783 bits per heavy atom. The van der Waals surface area contributed by atoms with Crippen LogP contribution in [0.15, 0.2) is 78.9 Å². The highest BCUT2D eigenvalue weighted by Crippen LogP contribution is 2.23. The molecule has 23 heavy (non-hydrogen) atoms. The summed E-state index contributed by atoms with van der Waals surface area (Å²) in [5, 5.41) is 8.22. The molecule has 0 saturated heterocycles. The Morgan fingerprint density at radius 3 is 1.91 bits per heavy atom. The molecule has 0 fully saturated rings. The molecule has 0 heterocycles. The lowest BCUT2D eigenvalue weighted by Crippen LogP contribution is -2.03. The van der Waals surface area contributed by atoms with Gasteiger partial charge in [-0.25, -0.2) is 0 Å². The van der Waals surface area contributed by atoms with E-state index in [4.69, 9.17) is 10.1 Å². The molecule has 0 amide bonds. The van der Waals surface area contributed by atoms with Crippen molar-refractivity contribution in [2.75, 3.05) is 7.11 Å². The molecular weight excluding hydrogens is 282 g/mol. The number of nitrogens with one attached hydrogen (secondary N) is 1. The summed E-state index contributed by atoms with van der Waals surface area (Å²) in [5.41, 5.74) is 5.10. The molecule has 3 aromatic carbocycles. The molecule has 0 saturated carbocycles. The predicted octanol–water partition coefficient (Wildman–Crippen LogP) is 4.97. The van der Waals surface area contributed by atoms with Gasteiger partial charge in [0.1, 0.15) is 5.75 Å². The maximum absolute atomic E-state index is 8.22. The molecule has 0 spiro atoms. The van der Waals surface area contributed by atoms with Crippen molar-refractivity contribution < 1.29 is 4.74 Å². The van der Waals surface area contributed by atoms with E-state index >= 15 is 0 Å². The maximum Gasteiger partial charge on any atom is 0.118 e. The van der Waals surface area contributed by atoms with E-state index in [2.05, 4.69) is 36.4 Å². The van der Waals surface area contributed by atoms with E-state index < -0.39 is 0 Å². The molecule has 0 aliphatic carbocycles. The van der Waals surface area contributed by atoms with Crippen molar-refractivity contribution in [2.24, 2.45) is 0 Å². The fourth-order valence-corrected chi connectivity index (χ4v) is 2.54. The van der Waals surface area contributed by atoms with Crippen LogP contribution in [0.25, 0.3) is 11.1 Å². The lowest BCUT2D eigenvalue weighted by atomic mass is 9.99. The summed E-state index contributed by atoms with van der Waals surface area (Å²) in [4.78, 5) is 0. The standard InChI is InChI=1S/C21H19NO/c1-23-20-13-11-18(12-14-20)17-9-7-16(8-10-17)15-21(22)19-5-3-2-4-6-19/h2-14,22H,15H2,1H3. The summed E-state index contributed by atoms with van der Waals surface area (Å²) in [5.74, 6) is 0.863. The first-order valence-electron chi connectivity index (χ1n) is 7.62. The molecule has 0 aliphatic heterocycles. The zero-order chi connectivity index (χ0) is 16.1. The summed E-state index contributed by atoms with van der Waals surface area (Å²) in [7, 11) is 1.67. The molecule has 0 aromatic heterocycles. The zero-order valence-corrected chi connectivity index (χ0v) is 13.1.